The van der Waals surface area contributed by atoms with Crippen LogP contribution < -0.4 is 21.4 Å². The number of anilines is 1. The number of thioether (sulfide) groups is 1. The number of carbonyl (C=O) groups excluding carboxylic acids is 1. The smallest absolute Gasteiger partial charge is 0.219 e. The minimum absolute atomic E-state index is 0.00337. The highest BCUT2D eigenvalue weighted by Gasteiger charge is 2.58. The van der Waals surface area contributed by atoms with E-state index in [2.05, 4.69) is 89.0 Å². The van der Waals surface area contributed by atoms with Crippen molar-refractivity contribution < 1.29 is 15.1 Å². The van der Waals surface area contributed by atoms with Crippen molar-refractivity contribution in [3.05, 3.63) is 76.8 Å². The van der Waals surface area contributed by atoms with Crippen molar-refractivity contribution in [3.8, 4) is 0 Å². The van der Waals surface area contributed by atoms with Crippen molar-refractivity contribution in [2.24, 2.45) is 10.5 Å². The highest BCUT2D eigenvalue weighted by Crippen LogP contribution is 2.64. The lowest BCUT2D eigenvalue weighted by atomic mass is 9.80. The Morgan fingerprint density at radius 2 is 1.88 bits per heavy atom. The van der Waals surface area contributed by atoms with Crippen LogP contribution in [0.5, 0.6) is 0 Å². The SMILES string of the molecule is BC1=CC2(C3=CCCC=C32)C(NCC(O)CNc2cccc(CCCCCCNC(=O)CCCCCC3SCC(NO)C3N=N)c2)C=C1. The Morgan fingerprint density at radius 1 is 1.08 bits per heavy atom. The van der Waals surface area contributed by atoms with Crippen LogP contribution in [0.4, 0.5) is 5.69 Å². The first-order chi connectivity index (χ1) is 23.4. The van der Waals surface area contributed by atoms with Crippen molar-refractivity contribution in [1.29, 1.82) is 5.53 Å². The van der Waals surface area contributed by atoms with Crippen LogP contribution in [0.15, 0.2) is 76.4 Å². The number of allylic oxidation sites excluding steroid dienone is 4. The lowest BCUT2D eigenvalue weighted by Crippen LogP contribution is -2.42. The average molecular weight is 675 g/mol. The topological polar surface area (TPSA) is 142 Å². The van der Waals surface area contributed by atoms with Gasteiger partial charge in [0, 0.05) is 48.8 Å². The molecule has 0 aromatic heterocycles. The van der Waals surface area contributed by atoms with E-state index < -0.39 is 6.10 Å². The van der Waals surface area contributed by atoms with Crippen LogP contribution >= 0.6 is 11.8 Å². The quantitative estimate of drug-likeness (QED) is 0.0412. The summed E-state index contributed by atoms with van der Waals surface area (Å²) in [6.07, 6.45) is 23.2. The predicted molar refractivity (Wildman–Crippen MR) is 198 cm³/mol. The van der Waals surface area contributed by atoms with Gasteiger partial charge in [0.1, 0.15) is 13.9 Å². The van der Waals surface area contributed by atoms with Crippen molar-refractivity contribution in [2.75, 3.05) is 30.7 Å². The fourth-order valence-electron chi connectivity index (χ4n) is 7.55. The Hall–Kier alpha value is -2.70. The van der Waals surface area contributed by atoms with Crippen LogP contribution in [-0.4, -0.2) is 78.9 Å². The van der Waals surface area contributed by atoms with Crippen LogP contribution in [0.25, 0.3) is 0 Å². The van der Waals surface area contributed by atoms with E-state index in [0.717, 1.165) is 88.6 Å². The van der Waals surface area contributed by atoms with Crippen molar-refractivity contribution >= 4 is 31.2 Å². The van der Waals surface area contributed by atoms with Crippen LogP contribution in [0.3, 0.4) is 0 Å². The molecule has 4 aliphatic rings. The van der Waals surface area contributed by atoms with E-state index in [-0.39, 0.29) is 34.7 Å². The Bertz CT molecular complexity index is 1350. The number of aliphatic hydroxyl groups excluding tert-OH is 1. The molecule has 7 N–H and O–H groups in total. The van der Waals surface area contributed by atoms with Crippen LogP contribution in [0.2, 0.25) is 0 Å². The maximum atomic E-state index is 12.2. The molecule has 1 aromatic carbocycles. The number of amides is 1. The molecule has 1 saturated heterocycles. The molecule has 0 bridgehead atoms. The first-order valence-corrected chi connectivity index (χ1v) is 19.2. The van der Waals surface area contributed by atoms with E-state index in [9.17, 15) is 15.1 Å². The van der Waals surface area contributed by atoms with Crippen LogP contribution in [-0.2, 0) is 11.2 Å². The van der Waals surface area contributed by atoms with Gasteiger partial charge in [-0.2, -0.15) is 22.4 Å². The molecule has 5 unspecified atom stereocenters. The average Bonchev–Trinajstić information content (AvgIpc) is 3.52. The molecule has 1 spiro atoms. The molecule has 5 rings (SSSR count). The predicted octanol–water partition coefficient (Wildman–Crippen LogP) is 5.18. The Kier molecular flexibility index (Phi) is 14.0. The van der Waals surface area contributed by atoms with Crippen LogP contribution in [0, 0.1) is 10.9 Å². The maximum Gasteiger partial charge on any atom is 0.219 e. The van der Waals surface area contributed by atoms with E-state index in [1.807, 2.05) is 0 Å². The molecular weight excluding hydrogens is 619 g/mol. The summed E-state index contributed by atoms with van der Waals surface area (Å²) >= 11 is 1.77. The zero-order valence-electron chi connectivity index (χ0n) is 28.6. The van der Waals surface area contributed by atoms with E-state index in [1.165, 1.54) is 22.2 Å². The van der Waals surface area contributed by atoms with E-state index in [4.69, 9.17) is 5.53 Å². The number of hydrogen-bond acceptors (Lipinski definition) is 9. The molecule has 1 heterocycles. The van der Waals surface area contributed by atoms with Gasteiger partial charge < -0.3 is 26.3 Å². The molecule has 9 nitrogen and oxygen atoms in total. The van der Waals surface area contributed by atoms with E-state index in [1.54, 1.807) is 11.8 Å². The lowest BCUT2D eigenvalue weighted by Gasteiger charge is -2.27. The van der Waals surface area contributed by atoms with Gasteiger partial charge in [-0.3, -0.25) is 4.79 Å². The van der Waals surface area contributed by atoms with Gasteiger partial charge in [-0.05, 0) is 73.8 Å². The number of benzene rings is 1. The second kappa shape index (κ2) is 18.3. The Morgan fingerprint density at radius 3 is 2.67 bits per heavy atom. The highest BCUT2D eigenvalue weighted by atomic mass is 32.2. The van der Waals surface area contributed by atoms with E-state index >= 15 is 0 Å². The fourth-order valence-corrected chi connectivity index (χ4v) is 9.05. The van der Waals surface area contributed by atoms with Gasteiger partial charge in [0.25, 0.3) is 0 Å². The minimum atomic E-state index is -0.491. The van der Waals surface area contributed by atoms with Crippen molar-refractivity contribution in [1.82, 2.24) is 16.1 Å². The summed E-state index contributed by atoms with van der Waals surface area (Å²) in [5.74, 6) is 0.915. The Balaban J connectivity index is 0.882. The number of nitrogens with zero attached hydrogens (tertiary/aromatic N) is 1. The van der Waals surface area contributed by atoms with Crippen LogP contribution in [0.1, 0.15) is 76.2 Å². The normalized spacial score (nSPS) is 24.3. The molecule has 1 amide bonds. The number of unbranched alkanes of at least 4 members (excludes halogenated alkanes) is 5. The van der Waals surface area contributed by atoms with Gasteiger partial charge in [0.2, 0.25) is 5.91 Å². The Labute approximate surface area is 291 Å². The largest absolute Gasteiger partial charge is 0.390 e. The number of hydrogen-bond donors (Lipinski definition) is 7. The van der Waals surface area contributed by atoms with Gasteiger partial charge in [0.15, 0.2) is 0 Å². The highest BCUT2D eigenvalue weighted by molar-refractivity contribution is 8.00. The summed E-state index contributed by atoms with van der Waals surface area (Å²) in [6, 6.07) is 8.42. The van der Waals surface area contributed by atoms with Gasteiger partial charge in [0.05, 0.1) is 17.6 Å². The van der Waals surface area contributed by atoms with Gasteiger partial charge in [-0.15, -0.1) is 0 Å². The summed E-state index contributed by atoms with van der Waals surface area (Å²) in [7, 11) is 2.17. The number of nitrogens with one attached hydrogen (secondary N) is 5. The summed E-state index contributed by atoms with van der Waals surface area (Å²) in [5.41, 5.74) is 16.2. The fraction of sp³-hybridized carbons (Fsp3) is 0.595. The second-order valence-corrected chi connectivity index (χ2v) is 15.2. The first kappa shape index (κ1) is 36.6. The number of fused-ring (bicyclic) bond motifs is 3. The molecule has 5 atom stereocenters. The molecule has 260 valence electrons. The van der Waals surface area contributed by atoms with Gasteiger partial charge >= 0.3 is 0 Å². The molecule has 11 heteroatoms. The van der Waals surface area contributed by atoms with Gasteiger partial charge in [-0.25, -0.2) is 5.53 Å². The zero-order chi connectivity index (χ0) is 33.8. The number of hydroxylamine groups is 1. The summed E-state index contributed by atoms with van der Waals surface area (Å²) in [4.78, 5) is 12.2. The molecule has 1 aromatic rings. The van der Waals surface area contributed by atoms with E-state index in [0.29, 0.717) is 19.5 Å². The molecule has 0 radical (unpaired) electrons. The molecule has 3 aliphatic carbocycles. The molecule has 1 saturated carbocycles. The summed E-state index contributed by atoms with van der Waals surface area (Å²) < 4.78 is 0. The van der Waals surface area contributed by atoms with Crippen molar-refractivity contribution in [2.45, 2.75) is 107 Å². The molecule has 2 fully saturated rings. The zero-order valence-corrected chi connectivity index (χ0v) is 29.4. The number of aliphatic hydroxyl groups is 1. The van der Waals surface area contributed by atoms with Gasteiger partial charge in [-0.1, -0.05) is 73.7 Å². The molecule has 48 heavy (non-hydrogen) atoms. The molecule has 1 aliphatic heterocycles. The third kappa shape index (κ3) is 9.72. The summed E-state index contributed by atoms with van der Waals surface area (Å²) in [6.45, 7) is 1.77. The number of aryl methyl sites for hydroxylation is 1. The third-order valence-corrected chi connectivity index (χ3v) is 11.7. The number of rotatable bonds is 21. The minimum Gasteiger partial charge on any atom is -0.390 e. The standard InChI is InChI=1S/C37H55BN6O3S/c38-27-18-19-34(37(22-27)30-14-7-8-15-31(30)37)42-24-29(45)23-41-28-13-10-12-26(21-28)11-4-1-2-9-20-40-35(46)17-6-3-5-16-33-36(43-39)32(44-47)25-48-33/h10,12-15,18-19,21-22,29,32-34,36,39,41-42,44-45,47H,1-9,11,16-17,20,23-25,38H2,(H,40,46). The first-order valence-electron chi connectivity index (χ1n) is 18.1. The monoisotopic (exact) mass is 674 g/mol. The molecular formula is C37H55BN6O3S. The lowest BCUT2D eigenvalue weighted by molar-refractivity contribution is -0.121. The second-order valence-electron chi connectivity index (χ2n) is 13.9. The third-order valence-electron chi connectivity index (χ3n) is 10.2. The van der Waals surface area contributed by atoms with Crippen molar-refractivity contribution in [3.63, 3.8) is 0 Å². The number of carbonyl (C=O) groups is 1. The maximum absolute atomic E-state index is 12.2. The summed E-state index contributed by atoms with van der Waals surface area (Å²) in [5, 5.41) is 34.1.